The van der Waals surface area contributed by atoms with Gasteiger partial charge in [-0.05, 0) is 47.0 Å². The lowest BCUT2D eigenvalue weighted by molar-refractivity contribution is -0.139. The summed E-state index contributed by atoms with van der Waals surface area (Å²) >= 11 is 2.38. The zero-order valence-corrected chi connectivity index (χ0v) is 18.2. The summed E-state index contributed by atoms with van der Waals surface area (Å²) < 4.78 is 39.0. The minimum absolute atomic E-state index is 0.194. The molecule has 0 aliphatic carbocycles. The summed E-state index contributed by atoms with van der Waals surface area (Å²) in [5.74, 6) is -2.10. The molecule has 2 aromatic heterocycles. The normalized spacial score (nSPS) is 12.3. The van der Waals surface area contributed by atoms with E-state index >= 15 is 0 Å². The Morgan fingerprint density at radius 3 is 2.23 bits per heavy atom. The quantitative estimate of drug-likeness (QED) is 0.500. The lowest BCUT2D eigenvalue weighted by Crippen LogP contribution is -2.42. The number of benzene rings is 1. The smallest absolute Gasteiger partial charge is 0.309 e. The first kappa shape index (κ1) is 22.1. The molecule has 1 aromatic carbocycles. The number of hydrogen-bond donors (Lipinski definition) is 2. The molecule has 2 N–H and O–H groups in total. The van der Waals surface area contributed by atoms with Crippen LogP contribution in [0.15, 0.2) is 63.5 Å². The highest BCUT2D eigenvalue weighted by atomic mass is 32.2. The molecule has 10 heteroatoms. The first-order valence-electron chi connectivity index (χ1n) is 8.99. The summed E-state index contributed by atoms with van der Waals surface area (Å²) in [6.45, 7) is -0.0231. The van der Waals surface area contributed by atoms with Gasteiger partial charge in [0.2, 0.25) is 0 Å². The standard InChI is InChI=1S/C20H19FN2O4S3/c21-15-7-5-14(6-8-15)9-10-22-19(24)20(25)23-13-17(16-3-1-11-28-16)30(26,27)18-4-2-12-29-18/h1-8,11-12,17H,9-10,13H2,(H,22,24)(H,23,25)/t17-/m1/s1. The largest absolute Gasteiger partial charge is 0.348 e. The summed E-state index contributed by atoms with van der Waals surface area (Å²) in [4.78, 5) is 24.8. The van der Waals surface area contributed by atoms with Crippen LogP contribution in [-0.2, 0) is 25.8 Å². The lowest BCUT2D eigenvalue weighted by Gasteiger charge is -2.16. The predicted octanol–water partition coefficient (Wildman–Crippen LogP) is 2.94. The molecule has 0 aliphatic heterocycles. The number of halogens is 1. The van der Waals surface area contributed by atoms with Crippen molar-refractivity contribution >= 4 is 44.3 Å². The number of sulfone groups is 1. The van der Waals surface area contributed by atoms with Crippen molar-refractivity contribution in [3.63, 3.8) is 0 Å². The maximum atomic E-state index is 13.0. The number of thiophene rings is 2. The van der Waals surface area contributed by atoms with Crippen LogP contribution in [-0.4, -0.2) is 33.3 Å². The van der Waals surface area contributed by atoms with Crippen molar-refractivity contribution in [2.45, 2.75) is 15.9 Å². The number of rotatable bonds is 8. The van der Waals surface area contributed by atoms with Gasteiger partial charge in [0.05, 0.1) is 0 Å². The molecule has 6 nitrogen and oxygen atoms in total. The third kappa shape index (κ3) is 5.53. The molecule has 0 unspecified atom stereocenters. The molecule has 158 valence electrons. The van der Waals surface area contributed by atoms with E-state index < -0.39 is 26.9 Å². The summed E-state index contributed by atoms with van der Waals surface area (Å²) in [5, 5.41) is 7.36. The minimum atomic E-state index is -3.71. The van der Waals surface area contributed by atoms with Crippen LogP contribution in [0.4, 0.5) is 4.39 Å². The van der Waals surface area contributed by atoms with Crippen molar-refractivity contribution in [1.82, 2.24) is 10.6 Å². The summed E-state index contributed by atoms with van der Waals surface area (Å²) in [6.07, 6.45) is 0.434. The second-order valence-corrected chi connectivity index (χ2v) is 10.6. The van der Waals surface area contributed by atoms with Gasteiger partial charge < -0.3 is 10.6 Å². The molecule has 0 fully saturated rings. The first-order valence-corrected chi connectivity index (χ1v) is 12.3. The van der Waals surface area contributed by atoms with Gasteiger partial charge in [-0.25, -0.2) is 12.8 Å². The zero-order chi connectivity index (χ0) is 21.6. The fourth-order valence-corrected chi connectivity index (χ4v) is 6.71. The van der Waals surface area contributed by atoms with Gasteiger partial charge in [-0.15, -0.1) is 22.7 Å². The van der Waals surface area contributed by atoms with E-state index in [4.69, 9.17) is 0 Å². The molecule has 0 bridgehead atoms. The fourth-order valence-electron chi connectivity index (χ4n) is 2.72. The molecule has 0 spiro atoms. The average molecular weight is 467 g/mol. The van der Waals surface area contributed by atoms with Gasteiger partial charge in [-0.2, -0.15) is 0 Å². The first-order chi connectivity index (χ1) is 14.4. The van der Waals surface area contributed by atoms with Gasteiger partial charge >= 0.3 is 11.8 Å². The highest BCUT2D eigenvalue weighted by Crippen LogP contribution is 2.33. The van der Waals surface area contributed by atoms with Crippen LogP contribution in [0, 0.1) is 5.82 Å². The van der Waals surface area contributed by atoms with E-state index in [9.17, 15) is 22.4 Å². The van der Waals surface area contributed by atoms with Gasteiger partial charge in [-0.1, -0.05) is 24.3 Å². The Balaban J connectivity index is 1.57. The van der Waals surface area contributed by atoms with E-state index in [0.29, 0.717) is 11.3 Å². The number of hydrogen-bond acceptors (Lipinski definition) is 6. The molecule has 2 amide bonds. The Morgan fingerprint density at radius 2 is 1.60 bits per heavy atom. The highest BCUT2D eigenvalue weighted by molar-refractivity contribution is 7.93. The van der Waals surface area contributed by atoms with Crippen molar-refractivity contribution in [2.24, 2.45) is 0 Å². The Bertz CT molecular complexity index is 1080. The molecule has 0 saturated carbocycles. The number of amides is 2. The highest BCUT2D eigenvalue weighted by Gasteiger charge is 2.31. The molecule has 3 aromatic rings. The fraction of sp³-hybridized carbons (Fsp3) is 0.200. The summed E-state index contributed by atoms with van der Waals surface area (Å²) in [6, 6.07) is 12.4. The third-order valence-corrected chi connectivity index (χ3v) is 8.93. The Hall–Kier alpha value is -2.56. The van der Waals surface area contributed by atoms with Crippen molar-refractivity contribution in [2.75, 3.05) is 13.1 Å². The van der Waals surface area contributed by atoms with Gasteiger partial charge in [0, 0.05) is 18.0 Å². The second-order valence-electron chi connectivity index (χ2n) is 6.32. The molecule has 2 heterocycles. The molecule has 0 radical (unpaired) electrons. The SMILES string of the molecule is O=C(NCCc1ccc(F)cc1)C(=O)NC[C@H](c1cccs1)S(=O)(=O)c1cccs1. The van der Waals surface area contributed by atoms with Gasteiger partial charge in [0.25, 0.3) is 0 Å². The zero-order valence-electron chi connectivity index (χ0n) is 15.7. The molecular formula is C20H19FN2O4S3. The van der Waals surface area contributed by atoms with Crippen LogP contribution < -0.4 is 10.6 Å². The van der Waals surface area contributed by atoms with E-state index in [1.807, 2.05) is 0 Å². The topological polar surface area (TPSA) is 92.3 Å². The van der Waals surface area contributed by atoms with Crippen molar-refractivity contribution in [3.8, 4) is 0 Å². The molecule has 0 saturated heterocycles. The molecule has 0 aliphatic rings. The second kappa shape index (κ2) is 9.96. The van der Waals surface area contributed by atoms with E-state index in [1.54, 1.807) is 41.1 Å². The molecule has 30 heavy (non-hydrogen) atoms. The van der Waals surface area contributed by atoms with Crippen LogP contribution in [0.2, 0.25) is 0 Å². The average Bonchev–Trinajstić information content (AvgIpc) is 3.44. The summed E-state index contributed by atoms with van der Waals surface area (Å²) in [5.41, 5.74) is 0.817. The Morgan fingerprint density at radius 1 is 0.933 bits per heavy atom. The van der Waals surface area contributed by atoms with Crippen molar-refractivity contribution in [3.05, 3.63) is 75.5 Å². The van der Waals surface area contributed by atoms with E-state index in [0.717, 1.165) is 16.9 Å². The van der Waals surface area contributed by atoms with E-state index in [2.05, 4.69) is 10.6 Å². The molecule has 3 rings (SSSR count). The van der Waals surface area contributed by atoms with Crippen LogP contribution >= 0.6 is 22.7 Å². The Labute approximate surface area is 181 Å². The van der Waals surface area contributed by atoms with E-state index in [-0.39, 0.29) is 23.1 Å². The van der Waals surface area contributed by atoms with Crippen LogP contribution in [0.5, 0.6) is 0 Å². The monoisotopic (exact) mass is 466 g/mol. The summed E-state index contributed by atoms with van der Waals surface area (Å²) in [7, 11) is -3.71. The number of carbonyl (C=O) groups is 2. The van der Waals surface area contributed by atoms with Crippen LogP contribution in [0.1, 0.15) is 15.7 Å². The van der Waals surface area contributed by atoms with Crippen molar-refractivity contribution in [1.29, 1.82) is 0 Å². The minimum Gasteiger partial charge on any atom is -0.348 e. The Kier molecular flexibility index (Phi) is 7.35. The van der Waals surface area contributed by atoms with Gasteiger partial charge in [0.15, 0.2) is 9.84 Å². The van der Waals surface area contributed by atoms with Gasteiger partial charge in [0.1, 0.15) is 15.3 Å². The number of nitrogens with one attached hydrogen (secondary N) is 2. The van der Waals surface area contributed by atoms with Crippen LogP contribution in [0.3, 0.4) is 0 Å². The molecule has 1 atom stereocenters. The van der Waals surface area contributed by atoms with Gasteiger partial charge in [-0.3, -0.25) is 9.59 Å². The van der Waals surface area contributed by atoms with E-state index in [1.165, 1.54) is 29.5 Å². The van der Waals surface area contributed by atoms with Crippen LogP contribution in [0.25, 0.3) is 0 Å². The maximum Gasteiger partial charge on any atom is 0.309 e. The maximum absolute atomic E-state index is 13.0. The van der Waals surface area contributed by atoms with Crippen molar-refractivity contribution < 1.29 is 22.4 Å². The molecular weight excluding hydrogens is 447 g/mol. The number of carbonyl (C=O) groups excluding carboxylic acids is 2. The predicted molar refractivity (Wildman–Crippen MR) is 115 cm³/mol. The third-order valence-electron chi connectivity index (χ3n) is 4.28. The lowest BCUT2D eigenvalue weighted by atomic mass is 10.1.